The zero-order valence-electron chi connectivity index (χ0n) is 14.1. The minimum Gasteiger partial charge on any atom is -0.452 e. The van der Waals surface area contributed by atoms with E-state index in [-0.39, 0.29) is 6.23 Å². The molecular formula is C19H17ClN4OS. The number of benzene rings is 2. The predicted octanol–water partition coefficient (Wildman–Crippen LogP) is 5.02. The molecule has 2 heterocycles. The normalized spacial score (nSPS) is 15.2. The Hall–Kier alpha value is -2.31. The molecule has 4 rings (SSSR count). The second-order valence-electron chi connectivity index (χ2n) is 5.87. The molecule has 1 atom stereocenters. The van der Waals surface area contributed by atoms with E-state index in [0.29, 0.717) is 16.7 Å². The van der Waals surface area contributed by atoms with Gasteiger partial charge in [0.25, 0.3) is 0 Å². The van der Waals surface area contributed by atoms with Crippen LogP contribution in [0.4, 0.5) is 5.69 Å². The van der Waals surface area contributed by atoms with Crippen LogP contribution in [0.5, 0.6) is 5.88 Å². The molecule has 26 heavy (non-hydrogen) atoms. The average molecular weight is 385 g/mol. The summed E-state index contributed by atoms with van der Waals surface area (Å²) >= 11 is 7.45. The number of nitrogens with zero attached hydrogens (tertiary/aromatic N) is 3. The van der Waals surface area contributed by atoms with Gasteiger partial charge in [0.15, 0.2) is 11.9 Å². The number of anilines is 1. The summed E-state index contributed by atoms with van der Waals surface area (Å²) in [5, 5.41) is 13.4. The van der Waals surface area contributed by atoms with Crippen molar-refractivity contribution in [2.75, 3.05) is 5.32 Å². The Morgan fingerprint density at radius 3 is 2.73 bits per heavy atom. The SMILES string of the molecule is CCC1Nc2ccccc2-c2nnc(SCc3ccc(Cl)cc3)nc2O1. The third-order valence-electron chi connectivity index (χ3n) is 4.04. The molecule has 132 valence electrons. The lowest BCUT2D eigenvalue weighted by molar-refractivity contribution is 0.216. The molecule has 0 aliphatic carbocycles. The second kappa shape index (κ2) is 7.51. The molecule has 0 saturated carbocycles. The first-order chi connectivity index (χ1) is 12.7. The Balaban J connectivity index is 1.61. The fourth-order valence-electron chi connectivity index (χ4n) is 2.68. The molecule has 1 unspecified atom stereocenters. The molecule has 7 heteroatoms. The molecule has 1 aromatic heterocycles. The van der Waals surface area contributed by atoms with Gasteiger partial charge in [0.05, 0.1) is 0 Å². The molecule has 1 N–H and O–H groups in total. The number of fused-ring (bicyclic) bond motifs is 3. The van der Waals surface area contributed by atoms with Crippen molar-refractivity contribution in [2.45, 2.75) is 30.5 Å². The number of para-hydroxylation sites is 1. The number of ether oxygens (including phenoxy) is 1. The van der Waals surface area contributed by atoms with Crippen LogP contribution in [-0.4, -0.2) is 21.4 Å². The van der Waals surface area contributed by atoms with E-state index in [1.54, 1.807) is 0 Å². The first-order valence-corrected chi connectivity index (χ1v) is 9.74. The molecule has 0 saturated heterocycles. The summed E-state index contributed by atoms with van der Waals surface area (Å²) in [5.74, 6) is 1.26. The van der Waals surface area contributed by atoms with Crippen LogP contribution in [0.25, 0.3) is 11.3 Å². The molecule has 0 spiro atoms. The highest BCUT2D eigenvalue weighted by molar-refractivity contribution is 7.98. The summed E-state index contributed by atoms with van der Waals surface area (Å²) in [6.07, 6.45) is 0.661. The second-order valence-corrected chi connectivity index (χ2v) is 7.25. The molecule has 1 aliphatic heterocycles. The van der Waals surface area contributed by atoms with Gasteiger partial charge in [0, 0.05) is 28.4 Å². The van der Waals surface area contributed by atoms with Gasteiger partial charge in [-0.1, -0.05) is 60.6 Å². The number of thioether (sulfide) groups is 1. The zero-order chi connectivity index (χ0) is 17.9. The lowest BCUT2D eigenvalue weighted by Crippen LogP contribution is -2.24. The maximum Gasteiger partial charge on any atom is 0.247 e. The van der Waals surface area contributed by atoms with Gasteiger partial charge in [-0.15, -0.1) is 10.2 Å². The van der Waals surface area contributed by atoms with Gasteiger partial charge in [-0.05, 0) is 23.8 Å². The van der Waals surface area contributed by atoms with Crippen molar-refractivity contribution in [3.63, 3.8) is 0 Å². The van der Waals surface area contributed by atoms with E-state index in [9.17, 15) is 0 Å². The van der Waals surface area contributed by atoms with Crippen LogP contribution >= 0.6 is 23.4 Å². The molecule has 0 fully saturated rings. The van der Waals surface area contributed by atoms with E-state index in [2.05, 4.69) is 27.4 Å². The summed E-state index contributed by atoms with van der Waals surface area (Å²) in [4.78, 5) is 4.60. The van der Waals surface area contributed by atoms with Crippen molar-refractivity contribution in [1.82, 2.24) is 15.2 Å². The third kappa shape index (κ3) is 3.61. The first-order valence-electron chi connectivity index (χ1n) is 8.37. The largest absolute Gasteiger partial charge is 0.452 e. The molecule has 0 bridgehead atoms. The fraction of sp³-hybridized carbons (Fsp3) is 0.211. The van der Waals surface area contributed by atoms with Crippen LogP contribution in [0, 0.1) is 0 Å². The van der Waals surface area contributed by atoms with Gasteiger partial charge in [-0.25, -0.2) is 0 Å². The van der Waals surface area contributed by atoms with Crippen molar-refractivity contribution in [3.05, 3.63) is 59.1 Å². The molecule has 2 aromatic carbocycles. The zero-order valence-corrected chi connectivity index (χ0v) is 15.7. The number of rotatable bonds is 4. The van der Waals surface area contributed by atoms with E-state index in [0.717, 1.165) is 34.0 Å². The van der Waals surface area contributed by atoms with Crippen molar-refractivity contribution in [1.29, 1.82) is 0 Å². The van der Waals surface area contributed by atoms with E-state index in [1.807, 2.05) is 48.5 Å². The molecule has 3 aromatic rings. The van der Waals surface area contributed by atoms with Gasteiger partial charge < -0.3 is 10.1 Å². The average Bonchev–Trinajstić information content (AvgIpc) is 2.83. The van der Waals surface area contributed by atoms with E-state index in [4.69, 9.17) is 16.3 Å². The van der Waals surface area contributed by atoms with Crippen molar-refractivity contribution < 1.29 is 4.74 Å². The molecule has 0 amide bonds. The van der Waals surface area contributed by atoms with Crippen molar-refractivity contribution in [3.8, 4) is 17.1 Å². The van der Waals surface area contributed by atoms with Crippen molar-refractivity contribution in [2.24, 2.45) is 0 Å². The molecular weight excluding hydrogens is 368 g/mol. The monoisotopic (exact) mass is 384 g/mol. The fourth-order valence-corrected chi connectivity index (χ4v) is 3.54. The Morgan fingerprint density at radius 1 is 1.12 bits per heavy atom. The minimum atomic E-state index is -0.150. The molecule has 5 nitrogen and oxygen atoms in total. The first kappa shape index (κ1) is 17.1. The number of halogens is 1. The van der Waals surface area contributed by atoms with Gasteiger partial charge in [0.2, 0.25) is 11.0 Å². The van der Waals surface area contributed by atoms with E-state index < -0.39 is 0 Å². The number of aromatic nitrogens is 3. The van der Waals surface area contributed by atoms with Crippen LogP contribution in [0.3, 0.4) is 0 Å². The Kier molecular flexibility index (Phi) is 4.95. The van der Waals surface area contributed by atoms with Crippen LogP contribution in [0.2, 0.25) is 5.02 Å². The van der Waals surface area contributed by atoms with E-state index >= 15 is 0 Å². The standard InChI is InChI=1S/C19H17ClN4OS/c1-2-16-21-15-6-4-3-5-14(15)17-18(25-16)22-19(24-23-17)26-11-12-7-9-13(20)10-8-12/h3-10,16,21H,2,11H2,1H3. The van der Waals surface area contributed by atoms with Gasteiger partial charge >= 0.3 is 0 Å². The van der Waals surface area contributed by atoms with Crippen molar-refractivity contribution >= 4 is 29.1 Å². The summed E-state index contributed by atoms with van der Waals surface area (Å²) in [6.45, 7) is 2.07. The van der Waals surface area contributed by atoms with Crippen LogP contribution in [0.15, 0.2) is 53.7 Å². The number of hydrogen-bond donors (Lipinski definition) is 1. The van der Waals surface area contributed by atoms with E-state index in [1.165, 1.54) is 11.8 Å². The predicted molar refractivity (Wildman–Crippen MR) is 105 cm³/mol. The van der Waals surface area contributed by atoms with Gasteiger partial charge in [0.1, 0.15) is 0 Å². The number of nitrogens with one attached hydrogen (secondary N) is 1. The molecule has 0 radical (unpaired) electrons. The highest BCUT2D eigenvalue weighted by Crippen LogP contribution is 2.36. The summed E-state index contributed by atoms with van der Waals surface area (Å²) < 4.78 is 6.04. The lowest BCUT2D eigenvalue weighted by Gasteiger charge is -2.16. The maximum absolute atomic E-state index is 6.04. The highest BCUT2D eigenvalue weighted by atomic mass is 35.5. The number of hydrogen-bond acceptors (Lipinski definition) is 6. The summed E-state index contributed by atoms with van der Waals surface area (Å²) in [7, 11) is 0. The van der Waals surface area contributed by atoms with Crippen LogP contribution in [0.1, 0.15) is 18.9 Å². The summed E-state index contributed by atoms with van der Waals surface area (Å²) in [5.41, 5.74) is 3.75. The Morgan fingerprint density at radius 2 is 1.92 bits per heavy atom. The summed E-state index contributed by atoms with van der Waals surface area (Å²) in [6, 6.07) is 15.7. The van der Waals surface area contributed by atoms with Crippen LogP contribution in [-0.2, 0) is 5.75 Å². The topological polar surface area (TPSA) is 59.9 Å². The Bertz CT molecular complexity index is 920. The minimum absolute atomic E-state index is 0.150. The highest BCUT2D eigenvalue weighted by Gasteiger charge is 2.23. The third-order valence-corrected chi connectivity index (χ3v) is 5.20. The van der Waals surface area contributed by atoms with Gasteiger partial charge in [-0.2, -0.15) is 4.98 Å². The smallest absolute Gasteiger partial charge is 0.247 e. The van der Waals surface area contributed by atoms with Gasteiger partial charge in [-0.3, -0.25) is 0 Å². The lowest BCUT2D eigenvalue weighted by atomic mass is 10.1. The van der Waals surface area contributed by atoms with Crippen LogP contribution < -0.4 is 10.1 Å². The maximum atomic E-state index is 6.04. The quantitative estimate of drug-likeness (QED) is 0.637. The Labute approximate surface area is 161 Å². The molecule has 1 aliphatic rings.